The minimum atomic E-state index is -0.571. The summed E-state index contributed by atoms with van der Waals surface area (Å²) in [5.74, 6) is 5.33. The van der Waals surface area contributed by atoms with Crippen LogP contribution in [0, 0.1) is 63.5 Å². The van der Waals surface area contributed by atoms with Gasteiger partial charge >= 0.3 is 0 Å². The number of nitrogens with zero attached hydrogens (tertiary/aromatic N) is 15. The van der Waals surface area contributed by atoms with E-state index in [4.69, 9.17) is 58.3 Å². The van der Waals surface area contributed by atoms with Gasteiger partial charge in [-0.15, -0.1) is 0 Å². The lowest BCUT2D eigenvalue weighted by Crippen LogP contribution is -2.51. The van der Waals surface area contributed by atoms with Crippen LogP contribution in [0.1, 0.15) is 159 Å². The highest BCUT2D eigenvalue weighted by molar-refractivity contribution is 6.00. The minimum absolute atomic E-state index is 0. The Hall–Kier alpha value is -7.84. The summed E-state index contributed by atoms with van der Waals surface area (Å²) in [6.07, 6.45) is 10.6. The summed E-state index contributed by atoms with van der Waals surface area (Å²) < 4.78 is 33.0. The number of carbonyl (C=O) groups excluding carboxylic acids is 2. The zero-order valence-electron chi connectivity index (χ0n) is 50.4. The van der Waals surface area contributed by atoms with Gasteiger partial charge in [-0.3, -0.25) is 18.8 Å². The highest BCUT2D eigenvalue weighted by Gasteiger charge is 2.57. The molecule has 7 aromatic rings. The van der Waals surface area contributed by atoms with E-state index in [0.29, 0.717) is 53.4 Å². The third-order valence-corrected chi connectivity index (χ3v) is 18.0. The highest BCUT2D eigenvalue weighted by Crippen LogP contribution is 2.56. The molecule has 1 saturated carbocycles. The fourth-order valence-electron chi connectivity index (χ4n) is 14.4. The number of ketones is 2. The van der Waals surface area contributed by atoms with Crippen molar-refractivity contribution in [2.24, 2.45) is 50.7 Å². The number of hydroxylamine groups is 2. The fourth-order valence-corrected chi connectivity index (χ4v) is 14.4. The van der Waals surface area contributed by atoms with Crippen LogP contribution in [0.4, 0.5) is 0 Å². The van der Waals surface area contributed by atoms with Gasteiger partial charge in [-0.25, -0.2) is 22.4 Å². The number of Topliss-reactive ketones (excluding diaryl/α,β-unsaturated/α-hetero) is 2. The number of hydrogen-bond acceptors (Lipinski definition) is 20. The Bertz CT molecular complexity index is 3620. The van der Waals surface area contributed by atoms with E-state index in [1.807, 2.05) is 58.9 Å². The molecule has 0 aliphatic heterocycles. The molecule has 452 valence electrons. The van der Waals surface area contributed by atoms with Crippen molar-refractivity contribution in [3.05, 3.63) is 103 Å². The van der Waals surface area contributed by atoms with Gasteiger partial charge in [0.05, 0.1) is 29.9 Å². The van der Waals surface area contributed by atoms with Crippen LogP contribution in [0.2, 0.25) is 0 Å². The smallest absolute Gasteiger partial charge is 0.282 e. The van der Waals surface area contributed by atoms with Crippen molar-refractivity contribution >= 4 is 11.6 Å². The predicted octanol–water partition coefficient (Wildman–Crippen LogP) is 9.16. The van der Waals surface area contributed by atoms with Crippen LogP contribution in [0.15, 0.2) is 36.1 Å². The maximum Gasteiger partial charge on any atom is 0.282 e. The van der Waals surface area contributed by atoms with E-state index >= 15 is 0 Å². The first kappa shape index (κ1) is 63.7. The first-order valence-electron chi connectivity index (χ1n) is 28.3. The van der Waals surface area contributed by atoms with E-state index in [2.05, 4.69) is 73.0 Å². The summed E-state index contributed by atoms with van der Waals surface area (Å²) in [6.45, 7) is 32.9. The molecule has 6 aliphatic rings. The van der Waals surface area contributed by atoms with Crippen LogP contribution in [0.3, 0.4) is 0 Å². The monoisotopic (exact) mass is 1160 g/mol. The van der Waals surface area contributed by atoms with E-state index < -0.39 is 11.5 Å². The van der Waals surface area contributed by atoms with Gasteiger partial charge in [0.25, 0.3) is 23.7 Å². The Kier molecular flexibility index (Phi) is 19.1. The van der Waals surface area contributed by atoms with Gasteiger partial charge < -0.3 is 38.1 Å². The summed E-state index contributed by atoms with van der Waals surface area (Å²) in [4.78, 5) is 45.1. The van der Waals surface area contributed by atoms with Crippen molar-refractivity contribution in [3.63, 3.8) is 0 Å². The van der Waals surface area contributed by atoms with E-state index in [0.717, 1.165) is 96.0 Å². The number of hydrogen-bond donors (Lipinski definition) is 4. The molecule has 0 bridgehead atoms. The number of nitrogens with one attached hydrogen (secondary N) is 2. The normalized spacial score (nSPS) is 26.4. The molecule has 84 heavy (non-hydrogen) atoms. The molecule has 0 amide bonds. The van der Waals surface area contributed by atoms with Gasteiger partial charge in [-0.05, 0) is 83.5 Å². The molecule has 7 heterocycles. The number of allylic oxidation sites excluding steroid dienone is 2. The maximum atomic E-state index is 12.5. The number of carbonyl (C=O) groups is 2. The summed E-state index contributed by atoms with van der Waals surface area (Å²) in [7, 11) is 9.82. The maximum absolute atomic E-state index is 12.5. The summed E-state index contributed by atoms with van der Waals surface area (Å²) in [6, 6.07) is -0.571. The van der Waals surface area contributed by atoms with E-state index in [-0.39, 0.29) is 66.6 Å². The van der Waals surface area contributed by atoms with Gasteiger partial charge in [-0.1, -0.05) is 90.5 Å². The second-order valence-electron chi connectivity index (χ2n) is 22.9. The van der Waals surface area contributed by atoms with Crippen molar-refractivity contribution in [2.75, 3.05) is 14.1 Å². The van der Waals surface area contributed by atoms with Crippen LogP contribution >= 0.6 is 0 Å². The molecular weight excluding hydrogens is 1070 g/mol. The molecule has 7 aromatic heterocycles. The van der Waals surface area contributed by atoms with Crippen molar-refractivity contribution in [2.45, 2.75) is 164 Å². The van der Waals surface area contributed by atoms with E-state index in [1.165, 1.54) is 32.6 Å². The summed E-state index contributed by atoms with van der Waals surface area (Å²) >= 11 is 0. The molecule has 0 radical (unpaired) electrons. The van der Waals surface area contributed by atoms with Crippen LogP contribution in [0.5, 0.6) is 0 Å². The Balaban J connectivity index is 0.000000190. The standard InChI is InChI=1S/2C18H21N5O2.C18H19N5O2.2CH5NO.3CH4/c1-9-13-6-5-12-14(17-20-10(2)22-25-17)23(4)21-16(12)18(13,3)7-11-8-19-24-15(9)11;2*1-9-12-7-6-11-14(17-20-10(2)22-25-17)23(5)21-16(11)18(12,3)8-13(19-4)15(9)24;2*1-2-3;;;/h8-9,13H,5-7H2,1-4H3;9,12-13H,6-8H2,1-3,5H3;8-9,12H,6-7H2,1-3,5H3;2*2-3H,1H3;3*1H4/t9-,13-,18-;9-,12-,13?,18-;9-,12-,18-;;;;;/m000...../s1/i;;;;;1T;;. The molecule has 1 fully saturated rings. The van der Waals surface area contributed by atoms with Crippen molar-refractivity contribution in [1.29, 1.82) is 0 Å². The van der Waals surface area contributed by atoms with Crippen LogP contribution < -0.4 is 11.0 Å². The van der Waals surface area contributed by atoms with Gasteiger partial charge in [0, 0.05) is 99.3 Å². The van der Waals surface area contributed by atoms with Gasteiger partial charge in [0.1, 0.15) is 22.8 Å². The SMILES string of the molecule is C.C.CNO.CNO.Cc1noc(-c2c3c(nn2C)[C@@]2(C)Cc4cnoc4[C@@H](C)[C@@H]2CC3)n1.[3H]C.[C-]#[N+]C1=C[C@]2(C)c3nn(C)c(-c4nc(C)no4)c3CC[C@H]2[C@H](C)C1=O.[C-]#[N+]C1C[C@]2(C)c3nn(C)c(-c4nc(C)no4)c3CC[C@H]2[C@H](C)C1=O. The van der Waals surface area contributed by atoms with E-state index in [1.54, 1.807) is 34.2 Å². The molecule has 10 atom stereocenters. The van der Waals surface area contributed by atoms with Gasteiger partial charge in [-0.2, -0.15) is 30.2 Å². The minimum Gasteiger partial charge on any atom is -0.361 e. The largest absolute Gasteiger partial charge is 0.361 e. The second-order valence-corrected chi connectivity index (χ2v) is 22.9. The van der Waals surface area contributed by atoms with Crippen LogP contribution in [-0.2, 0) is 72.7 Å². The molecule has 6 aliphatic carbocycles. The van der Waals surface area contributed by atoms with Crippen molar-refractivity contribution in [1.82, 2.24) is 75.9 Å². The molecule has 0 aromatic carbocycles. The van der Waals surface area contributed by atoms with Gasteiger partial charge in [0.2, 0.25) is 11.5 Å². The number of aryl methyl sites for hydroxylation is 6. The van der Waals surface area contributed by atoms with Crippen LogP contribution in [-0.4, -0.2) is 107 Å². The molecule has 25 nitrogen and oxygen atoms in total. The topological polar surface area (TPSA) is 304 Å². The Morgan fingerprint density at radius 1 is 0.655 bits per heavy atom. The number of aromatic nitrogens is 13. The summed E-state index contributed by atoms with van der Waals surface area (Å²) in [5.41, 5.74) is 13.3. The second kappa shape index (κ2) is 25.2. The molecule has 0 spiro atoms. The first-order chi connectivity index (χ1) is 39.5. The lowest BCUT2D eigenvalue weighted by molar-refractivity contribution is -0.129. The Morgan fingerprint density at radius 2 is 1.07 bits per heavy atom. The average molecular weight is 1160 g/mol. The van der Waals surface area contributed by atoms with Crippen molar-refractivity contribution < 1.29 is 39.5 Å². The molecule has 13 rings (SSSR count). The quantitative estimate of drug-likeness (QED) is 0.0946. The third-order valence-electron chi connectivity index (χ3n) is 18.0. The fraction of sp³-hybridized carbons (Fsp3) is 0.593. The average Bonchev–Trinajstić information content (AvgIpc) is 2.07. The van der Waals surface area contributed by atoms with Crippen molar-refractivity contribution in [3.8, 4) is 34.8 Å². The summed E-state index contributed by atoms with van der Waals surface area (Å²) in [5, 5.41) is 44.9. The van der Waals surface area contributed by atoms with E-state index in [9.17, 15) is 9.59 Å². The van der Waals surface area contributed by atoms with Crippen LogP contribution in [0.25, 0.3) is 44.4 Å². The first-order valence-corrected chi connectivity index (χ1v) is 27.3. The molecule has 25 heteroatoms. The number of rotatable bonds is 3. The highest BCUT2D eigenvalue weighted by atomic mass is 16.5. The molecule has 0 saturated heterocycles. The Morgan fingerprint density at radius 3 is 1.50 bits per heavy atom. The molecule has 1 unspecified atom stereocenters. The zero-order chi connectivity index (χ0) is 60.6. The predicted molar refractivity (Wildman–Crippen MR) is 310 cm³/mol. The lowest BCUT2D eigenvalue weighted by atomic mass is 9.55. The molecule has 4 N–H and O–H groups in total. The Labute approximate surface area is 492 Å². The third kappa shape index (κ3) is 10.9. The lowest BCUT2D eigenvalue weighted by Gasteiger charge is -2.46. The number of fused-ring (bicyclic) bond motifs is 10. The zero-order valence-corrected chi connectivity index (χ0v) is 49.4. The molecular formula is C59H83N17O8. The van der Waals surface area contributed by atoms with Gasteiger partial charge in [0.15, 0.2) is 23.3 Å².